The molecule has 0 saturated heterocycles. The number of rotatable bonds is 2. The molecule has 0 aromatic heterocycles. The summed E-state index contributed by atoms with van der Waals surface area (Å²) < 4.78 is 4.99. The van der Waals surface area contributed by atoms with Crippen molar-refractivity contribution in [3.8, 4) is 23.6 Å². The third-order valence-corrected chi connectivity index (χ3v) is 2.04. The highest BCUT2D eigenvalue weighted by atomic mass is 16.5. The average molecular weight is 252 g/mol. The lowest BCUT2D eigenvalue weighted by atomic mass is 10.2. The molecule has 0 bridgehead atoms. The molecule has 0 fully saturated rings. The van der Waals surface area contributed by atoms with Gasteiger partial charge in [0.05, 0.1) is 11.6 Å². The van der Waals surface area contributed by atoms with Crippen LogP contribution in [0.4, 0.5) is 0 Å². The first-order valence-corrected chi connectivity index (χ1v) is 5.50. The van der Waals surface area contributed by atoms with Gasteiger partial charge in [0.25, 0.3) is 0 Å². The van der Waals surface area contributed by atoms with Gasteiger partial charge < -0.3 is 9.84 Å². The molecule has 0 saturated carbocycles. The summed E-state index contributed by atoms with van der Waals surface area (Å²) >= 11 is 0. The van der Waals surface area contributed by atoms with Gasteiger partial charge in [-0.15, -0.1) is 0 Å². The Bertz CT molecular complexity index is 566. The lowest BCUT2D eigenvalue weighted by molar-refractivity contribution is 0.368. The standard InChI is InChI=1S/C8H7NO.C7H5NO/c9-6-7-10-8-4-2-1-3-5-8;8-5-6-1-3-7(9)4-2-6/h1-5H,7H2;1-4,9H. The highest BCUT2D eigenvalue weighted by Gasteiger charge is 1.87. The molecule has 1 N–H and O–H groups in total. The van der Waals surface area contributed by atoms with Gasteiger partial charge in [0, 0.05) is 0 Å². The highest BCUT2D eigenvalue weighted by Crippen LogP contribution is 2.08. The molecule has 4 heteroatoms. The number of para-hydroxylation sites is 1. The predicted octanol–water partition coefficient (Wildman–Crippen LogP) is 2.85. The Balaban J connectivity index is 0.000000191. The Morgan fingerprint density at radius 2 is 1.58 bits per heavy atom. The molecule has 2 aromatic rings. The quantitative estimate of drug-likeness (QED) is 0.891. The van der Waals surface area contributed by atoms with Crippen LogP contribution in [0.2, 0.25) is 0 Å². The topological polar surface area (TPSA) is 77.0 Å². The second kappa shape index (κ2) is 8.16. The van der Waals surface area contributed by atoms with Crippen LogP contribution in [0, 0.1) is 22.7 Å². The lowest BCUT2D eigenvalue weighted by Gasteiger charge is -1.97. The predicted molar refractivity (Wildman–Crippen MR) is 70.4 cm³/mol. The molecule has 0 aliphatic heterocycles. The first-order chi connectivity index (χ1) is 9.26. The average Bonchev–Trinajstić information content (AvgIpc) is 2.48. The van der Waals surface area contributed by atoms with E-state index in [-0.39, 0.29) is 12.4 Å². The number of ether oxygens (including phenoxy) is 1. The van der Waals surface area contributed by atoms with Gasteiger partial charge in [-0.25, -0.2) is 0 Å². The van der Waals surface area contributed by atoms with E-state index in [9.17, 15) is 0 Å². The van der Waals surface area contributed by atoms with E-state index in [0.717, 1.165) is 5.75 Å². The molecule has 0 aliphatic carbocycles. The smallest absolute Gasteiger partial charge is 0.174 e. The van der Waals surface area contributed by atoms with Crippen LogP contribution in [0.25, 0.3) is 0 Å². The minimum atomic E-state index is 0.115. The van der Waals surface area contributed by atoms with Crippen LogP contribution < -0.4 is 4.74 Å². The molecular formula is C15H12N2O2. The van der Waals surface area contributed by atoms with Crippen LogP contribution in [0.15, 0.2) is 54.6 Å². The summed E-state index contributed by atoms with van der Waals surface area (Å²) in [6.45, 7) is 0.115. The van der Waals surface area contributed by atoms with Crippen LogP contribution in [-0.2, 0) is 0 Å². The molecule has 94 valence electrons. The Morgan fingerprint density at radius 1 is 0.947 bits per heavy atom. The Labute approximate surface area is 111 Å². The minimum absolute atomic E-state index is 0.115. The van der Waals surface area contributed by atoms with Crippen molar-refractivity contribution in [2.45, 2.75) is 0 Å². The van der Waals surface area contributed by atoms with Crippen molar-refractivity contribution in [2.75, 3.05) is 6.61 Å². The van der Waals surface area contributed by atoms with E-state index in [1.54, 1.807) is 12.1 Å². The molecule has 2 rings (SSSR count). The fraction of sp³-hybridized carbons (Fsp3) is 0.0667. The van der Waals surface area contributed by atoms with E-state index < -0.39 is 0 Å². The minimum Gasteiger partial charge on any atom is -0.508 e. The molecule has 0 aliphatic rings. The summed E-state index contributed by atoms with van der Waals surface area (Å²) in [5, 5.41) is 25.2. The van der Waals surface area contributed by atoms with E-state index in [0.29, 0.717) is 5.56 Å². The molecular weight excluding hydrogens is 240 g/mol. The third kappa shape index (κ3) is 5.76. The number of nitriles is 2. The fourth-order valence-electron chi connectivity index (χ4n) is 1.17. The molecule has 0 heterocycles. The molecule has 4 nitrogen and oxygen atoms in total. The molecule has 2 aromatic carbocycles. The van der Waals surface area contributed by atoms with Crippen molar-refractivity contribution in [1.29, 1.82) is 10.5 Å². The van der Waals surface area contributed by atoms with Crippen molar-refractivity contribution >= 4 is 0 Å². The summed E-state index contributed by atoms with van der Waals surface area (Å²) in [4.78, 5) is 0. The van der Waals surface area contributed by atoms with Crippen molar-refractivity contribution in [2.24, 2.45) is 0 Å². The number of benzene rings is 2. The van der Waals surface area contributed by atoms with Crippen LogP contribution >= 0.6 is 0 Å². The first-order valence-electron chi connectivity index (χ1n) is 5.50. The van der Waals surface area contributed by atoms with Gasteiger partial charge in [-0.3, -0.25) is 0 Å². The van der Waals surface area contributed by atoms with Crippen molar-refractivity contribution in [3.05, 3.63) is 60.2 Å². The van der Waals surface area contributed by atoms with E-state index in [1.165, 1.54) is 12.1 Å². The summed E-state index contributed by atoms with van der Waals surface area (Å²) in [7, 11) is 0. The van der Waals surface area contributed by atoms with Gasteiger partial charge in [0.2, 0.25) is 0 Å². The van der Waals surface area contributed by atoms with Gasteiger partial charge >= 0.3 is 0 Å². The van der Waals surface area contributed by atoms with E-state index in [2.05, 4.69) is 0 Å². The zero-order valence-corrected chi connectivity index (χ0v) is 10.2. The zero-order chi connectivity index (χ0) is 13.9. The van der Waals surface area contributed by atoms with E-state index in [1.807, 2.05) is 42.5 Å². The molecule has 0 unspecified atom stereocenters. The highest BCUT2D eigenvalue weighted by molar-refractivity contribution is 5.33. The summed E-state index contributed by atoms with van der Waals surface area (Å²) in [6.07, 6.45) is 0. The van der Waals surface area contributed by atoms with Crippen LogP contribution in [0.5, 0.6) is 11.5 Å². The van der Waals surface area contributed by atoms with Gasteiger partial charge in [-0.2, -0.15) is 10.5 Å². The van der Waals surface area contributed by atoms with Crippen molar-refractivity contribution < 1.29 is 9.84 Å². The maximum atomic E-state index is 8.74. The first kappa shape index (κ1) is 14.1. The van der Waals surface area contributed by atoms with Gasteiger partial charge in [0.15, 0.2) is 6.61 Å². The molecule has 0 atom stereocenters. The number of nitrogens with zero attached hydrogens (tertiary/aromatic N) is 2. The van der Waals surface area contributed by atoms with Gasteiger partial charge in [-0.1, -0.05) is 18.2 Å². The summed E-state index contributed by atoms with van der Waals surface area (Å²) in [6, 6.07) is 19.2. The lowest BCUT2D eigenvalue weighted by Crippen LogP contribution is -1.91. The Kier molecular flexibility index (Phi) is 6.05. The van der Waals surface area contributed by atoms with Crippen LogP contribution in [0.3, 0.4) is 0 Å². The molecule has 0 radical (unpaired) electrons. The van der Waals surface area contributed by atoms with E-state index >= 15 is 0 Å². The Hall–Kier alpha value is -2.98. The Morgan fingerprint density at radius 3 is 2.11 bits per heavy atom. The number of hydrogen-bond donors (Lipinski definition) is 1. The number of aromatic hydroxyl groups is 1. The summed E-state index contributed by atoms with van der Waals surface area (Å²) in [5.41, 5.74) is 0.563. The maximum absolute atomic E-state index is 8.74. The van der Waals surface area contributed by atoms with Crippen LogP contribution in [0.1, 0.15) is 5.56 Å². The third-order valence-electron chi connectivity index (χ3n) is 2.04. The summed E-state index contributed by atoms with van der Waals surface area (Å²) in [5.74, 6) is 0.929. The second-order valence-corrected chi connectivity index (χ2v) is 3.42. The van der Waals surface area contributed by atoms with E-state index in [4.69, 9.17) is 20.4 Å². The largest absolute Gasteiger partial charge is 0.508 e. The fourth-order valence-corrected chi connectivity index (χ4v) is 1.17. The monoisotopic (exact) mass is 252 g/mol. The van der Waals surface area contributed by atoms with Gasteiger partial charge in [0.1, 0.15) is 17.6 Å². The maximum Gasteiger partial charge on any atom is 0.174 e. The van der Waals surface area contributed by atoms with Crippen LogP contribution in [-0.4, -0.2) is 11.7 Å². The second-order valence-electron chi connectivity index (χ2n) is 3.42. The molecule has 19 heavy (non-hydrogen) atoms. The number of phenolic OH excluding ortho intramolecular Hbond substituents is 1. The van der Waals surface area contributed by atoms with Crippen molar-refractivity contribution in [3.63, 3.8) is 0 Å². The number of phenols is 1. The zero-order valence-electron chi connectivity index (χ0n) is 10.2. The van der Waals surface area contributed by atoms with Crippen molar-refractivity contribution in [1.82, 2.24) is 0 Å². The molecule has 0 amide bonds. The number of hydrogen-bond acceptors (Lipinski definition) is 4. The molecule has 0 spiro atoms. The van der Waals surface area contributed by atoms with Gasteiger partial charge in [-0.05, 0) is 36.4 Å². The normalized spacial score (nSPS) is 8.32. The SMILES string of the molecule is N#CCOc1ccccc1.N#Cc1ccc(O)cc1.